The summed E-state index contributed by atoms with van der Waals surface area (Å²) in [5.41, 5.74) is 14.8. The number of hydrogen-bond donors (Lipinski definition) is 0. The molecule has 0 spiro atoms. The fourth-order valence-electron chi connectivity index (χ4n) is 11.3. The third-order valence-electron chi connectivity index (χ3n) is 13.9. The number of fused-ring (bicyclic) bond motifs is 11. The lowest BCUT2D eigenvalue weighted by atomic mass is 9.66. The minimum Gasteiger partial charge on any atom is -0.0622 e. The zero-order chi connectivity index (χ0) is 41.5. The lowest BCUT2D eigenvalue weighted by Gasteiger charge is -2.35. The van der Waals surface area contributed by atoms with E-state index in [0.717, 1.165) is 0 Å². The van der Waals surface area contributed by atoms with Crippen molar-refractivity contribution in [2.75, 3.05) is 0 Å². The van der Waals surface area contributed by atoms with Gasteiger partial charge < -0.3 is 0 Å². The summed E-state index contributed by atoms with van der Waals surface area (Å²) in [6.45, 7) is 0. The zero-order valence-corrected chi connectivity index (χ0v) is 34.6. The van der Waals surface area contributed by atoms with E-state index in [0.29, 0.717) is 0 Å². The van der Waals surface area contributed by atoms with E-state index in [-0.39, 0.29) is 0 Å². The Kier molecular flexibility index (Phi) is 7.92. The van der Waals surface area contributed by atoms with E-state index in [1.54, 1.807) is 0 Å². The van der Waals surface area contributed by atoms with Crippen LogP contribution in [0, 0.1) is 0 Å². The van der Waals surface area contributed by atoms with E-state index in [1.807, 2.05) is 0 Å². The summed E-state index contributed by atoms with van der Waals surface area (Å²) >= 11 is 0. The normalized spacial score (nSPS) is 12.9. The number of hydrogen-bond acceptors (Lipinski definition) is 0. The highest BCUT2D eigenvalue weighted by atomic mass is 14.5. The Morgan fingerprint density at radius 1 is 0.238 bits per heavy atom. The van der Waals surface area contributed by atoms with Crippen LogP contribution in [0.2, 0.25) is 0 Å². The lowest BCUT2D eigenvalue weighted by molar-refractivity contribution is 0.777. The fraction of sp³-hybridized carbons (Fsp3) is 0.0159. The van der Waals surface area contributed by atoms with Crippen molar-refractivity contribution in [1.29, 1.82) is 0 Å². The Hall–Kier alpha value is -8.06. The van der Waals surface area contributed by atoms with Gasteiger partial charge in [-0.1, -0.05) is 224 Å². The van der Waals surface area contributed by atoms with Crippen molar-refractivity contribution in [2.24, 2.45) is 0 Å². The van der Waals surface area contributed by atoms with Gasteiger partial charge in [-0.3, -0.25) is 0 Å². The molecule has 12 aromatic carbocycles. The SMILES string of the molecule is c1ccc(-c2ccc(-c3c4ccccc4c(-c4ccc5cc6c(cc5c4)C(c4ccccc4)(c4ccccc4)c4c-6c5ccccc5c5ccccc45)c4ccccc34)cc2)cc1. The van der Waals surface area contributed by atoms with Gasteiger partial charge in [0.2, 0.25) is 0 Å². The van der Waals surface area contributed by atoms with Crippen molar-refractivity contribution < 1.29 is 0 Å². The average molecular weight is 797 g/mol. The lowest BCUT2D eigenvalue weighted by Crippen LogP contribution is -2.28. The van der Waals surface area contributed by atoms with Crippen LogP contribution in [0.1, 0.15) is 22.3 Å². The van der Waals surface area contributed by atoms with E-state index in [1.165, 1.54) is 121 Å². The molecular formula is C63H40. The van der Waals surface area contributed by atoms with Crippen LogP contribution in [0.15, 0.2) is 243 Å². The van der Waals surface area contributed by atoms with Crippen molar-refractivity contribution in [3.63, 3.8) is 0 Å². The molecule has 13 rings (SSSR count). The highest BCUT2D eigenvalue weighted by Crippen LogP contribution is 2.61. The molecule has 292 valence electrons. The van der Waals surface area contributed by atoms with E-state index in [4.69, 9.17) is 0 Å². The molecule has 0 bridgehead atoms. The van der Waals surface area contributed by atoms with Gasteiger partial charge in [-0.05, 0) is 139 Å². The molecule has 0 amide bonds. The topological polar surface area (TPSA) is 0 Å². The first-order chi connectivity index (χ1) is 31.3. The quantitative estimate of drug-likeness (QED) is 0.120. The highest BCUT2D eigenvalue weighted by Gasteiger charge is 2.48. The van der Waals surface area contributed by atoms with Gasteiger partial charge in [-0.2, -0.15) is 0 Å². The van der Waals surface area contributed by atoms with Crippen LogP contribution in [-0.2, 0) is 5.41 Å². The molecule has 0 N–H and O–H groups in total. The van der Waals surface area contributed by atoms with E-state index in [9.17, 15) is 0 Å². The summed E-state index contributed by atoms with van der Waals surface area (Å²) in [5.74, 6) is 0. The summed E-state index contributed by atoms with van der Waals surface area (Å²) in [5, 5.41) is 12.7. The van der Waals surface area contributed by atoms with Crippen LogP contribution in [0.25, 0.3) is 98.4 Å². The molecule has 0 heteroatoms. The first-order valence-corrected chi connectivity index (χ1v) is 22.0. The number of rotatable bonds is 5. The zero-order valence-electron chi connectivity index (χ0n) is 34.6. The Balaban J connectivity index is 1.09. The summed E-state index contributed by atoms with van der Waals surface area (Å²) in [4.78, 5) is 0. The van der Waals surface area contributed by atoms with Gasteiger partial charge in [-0.15, -0.1) is 0 Å². The predicted molar refractivity (Wildman–Crippen MR) is 268 cm³/mol. The molecule has 0 saturated heterocycles. The Labute approximate surface area is 367 Å². The summed E-state index contributed by atoms with van der Waals surface area (Å²) < 4.78 is 0. The second-order valence-electron chi connectivity index (χ2n) is 17.1. The standard InChI is InChI=1S/C63H40/c1-4-18-41(19-5-1)42-32-34-43(35-33-42)59-52-27-13-15-29-54(52)60(55-30-16-14-28-53(55)59)45-37-36-44-39-57-58(40-46(44)38-45)63(47-20-6-2-7-21-47,48-22-8-3-9-23-48)62-56-31-17-11-25-50(56)49-24-10-12-26-51(49)61(57)62/h1-40H. The maximum atomic E-state index is 2.53. The molecule has 0 radical (unpaired) electrons. The van der Waals surface area contributed by atoms with Gasteiger partial charge in [0.1, 0.15) is 0 Å². The molecule has 0 heterocycles. The largest absolute Gasteiger partial charge is 0.0720 e. The van der Waals surface area contributed by atoms with Crippen molar-refractivity contribution in [3.05, 3.63) is 265 Å². The fourth-order valence-corrected chi connectivity index (χ4v) is 11.3. The average Bonchev–Trinajstić information content (AvgIpc) is 3.66. The Bertz CT molecular complexity index is 3650. The van der Waals surface area contributed by atoms with Gasteiger partial charge in [0.05, 0.1) is 5.41 Å². The van der Waals surface area contributed by atoms with Gasteiger partial charge in [0.15, 0.2) is 0 Å². The van der Waals surface area contributed by atoms with E-state index >= 15 is 0 Å². The molecule has 0 aromatic heterocycles. The van der Waals surface area contributed by atoms with Gasteiger partial charge >= 0.3 is 0 Å². The predicted octanol–water partition coefficient (Wildman–Crippen LogP) is 16.8. The van der Waals surface area contributed by atoms with Crippen LogP contribution in [-0.4, -0.2) is 0 Å². The van der Waals surface area contributed by atoms with Crippen molar-refractivity contribution in [2.45, 2.75) is 5.41 Å². The van der Waals surface area contributed by atoms with Gasteiger partial charge in [-0.25, -0.2) is 0 Å². The minimum absolute atomic E-state index is 0.557. The van der Waals surface area contributed by atoms with Crippen LogP contribution in [0.3, 0.4) is 0 Å². The molecular weight excluding hydrogens is 757 g/mol. The van der Waals surface area contributed by atoms with Gasteiger partial charge in [0.25, 0.3) is 0 Å². The third kappa shape index (κ3) is 5.22. The van der Waals surface area contributed by atoms with Crippen molar-refractivity contribution in [3.8, 4) is 44.5 Å². The summed E-state index contributed by atoms with van der Waals surface area (Å²) in [7, 11) is 0. The smallest absolute Gasteiger partial charge is 0.0622 e. The minimum atomic E-state index is -0.557. The highest BCUT2D eigenvalue weighted by molar-refractivity contribution is 6.23. The van der Waals surface area contributed by atoms with Crippen LogP contribution >= 0.6 is 0 Å². The summed E-state index contributed by atoms with van der Waals surface area (Å²) in [6, 6.07) is 90.5. The monoisotopic (exact) mass is 796 g/mol. The molecule has 12 aromatic rings. The first-order valence-electron chi connectivity index (χ1n) is 22.0. The van der Waals surface area contributed by atoms with Crippen LogP contribution in [0.4, 0.5) is 0 Å². The van der Waals surface area contributed by atoms with Crippen molar-refractivity contribution in [1.82, 2.24) is 0 Å². The maximum absolute atomic E-state index is 2.53. The molecule has 1 aliphatic rings. The second kappa shape index (κ2) is 14.0. The van der Waals surface area contributed by atoms with Gasteiger partial charge in [0, 0.05) is 0 Å². The summed E-state index contributed by atoms with van der Waals surface area (Å²) in [6.07, 6.45) is 0. The van der Waals surface area contributed by atoms with E-state index < -0.39 is 5.41 Å². The second-order valence-corrected chi connectivity index (χ2v) is 17.1. The molecule has 0 aliphatic heterocycles. The third-order valence-corrected chi connectivity index (χ3v) is 13.9. The first kappa shape index (κ1) is 35.7. The van der Waals surface area contributed by atoms with E-state index in [2.05, 4.69) is 243 Å². The van der Waals surface area contributed by atoms with Crippen molar-refractivity contribution >= 4 is 53.9 Å². The molecule has 0 saturated carbocycles. The maximum Gasteiger partial charge on any atom is 0.0720 e. The molecule has 0 fully saturated rings. The Morgan fingerprint density at radius 3 is 1.19 bits per heavy atom. The molecule has 63 heavy (non-hydrogen) atoms. The molecule has 1 aliphatic carbocycles. The molecule has 0 nitrogen and oxygen atoms in total. The Morgan fingerprint density at radius 2 is 0.635 bits per heavy atom. The van der Waals surface area contributed by atoms with Crippen LogP contribution in [0.5, 0.6) is 0 Å². The molecule has 0 unspecified atom stereocenters. The number of benzene rings is 12. The van der Waals surface area contributed by atoms with Crippen LogP contribution < -0.4 is 0 Å². The molecule has 0 atom stereocenters.